The Morgan fingerprint density at radius 1 is 0.780 bits per heavy atom. The second-order valence-corrected chi connectivity index (χ2v) is 17.9. The van der Waals surface area contributed by atoms with Gasteiger partial charge in [0, 0.05) is 5.56 Å². The number of nitrogens with two attached hydrogens (primary N) is 2. The monoisotopic (exact) mass is 891 g/mol. The summed E-state index contributed by atoms with van der Waals surface area (Å²) >= 11 is 0. The molecule has 3 aliphatic rings. The molecule has 0 bridgehead atoms. The average molecular weight is 892 g/mol. The van der Waals surface area contributed by atoms with Crippen LogP contribution in [-0.4, -0.2) is 109 Å². The van der Waals surface area contributed by atoms with E-state index in [2.05, 4.69) is 38.1 Å². The van der Waals surface area contributed by atoms with E-state index < -0.39 is 103 Å². The van der Waals surface area contributed by atoms with E-state index in [-0.39, 0.29) is 34.2 Å². The van der Waals surface area contributed by atoms with Gasteiger partial charge in [0.25, 0.3) is 16.7 Å². The van der Waals surface area contributed by atoms with Crippen molar-refractivity contribution in [2.45, 2.75) is 55.4 Å². The van der Waals surface area contributed by atoms with Crippen molar-refractivity contribution < 1.29 is 79.8 Å². The summed E-state index contributed by atoms with van der Waals surface area (Å²) in [6.45, 7) is -1.94. The summed E-state index contributed by atoms with van der Waals surface area (Å²) in [5.74, 6) is -0.498. The van der Waals surface area contributed by atoms with Crippen LogP contribution in [0.25, 0.3) is 22.3 Å². The first kappa shape index (κ1) is 41.4. The number of H-pyrrole nitrogens is 2. The zero-order valence-corrected chi connectivity index (χ0v) is 32.6. The summed E-state index contributed by atoms with van der Waals surface area (Å²) in [6.07, 6.45) is -9.46. The third-order valence-corrected chi connectivity index (χ3v) is 13.5. The second-order valence-electron chi connectivity index (χ2n) is 13.2. The summed E-state index contributed by atoms with van der Waals surface area (Å²) in [6, 6.07) is 8.70. The molecule has 1 aromatic carbocycles. The number of nitrogen functional groups attached to an aromatic ring is 2. The van der Waals surface area contributed by atoms with Crippen molar-refractivity contribution in [1.82, 2.24) is 34.1 Å². The first-order valence-corrected chi connectivity index (χ1v) is 21.5. The zero-order valence-electron chi connectivity index (χ0n) is 29.9. The standard InChI is InChI=1S/C28H33N10O18P3/c1-36-10-38(21-15(36)23(42)35-28(30)33-21)25-19-18(53-26(54-19)11-5-3-2-4-6-11)13(52-25)8-50-58(45,46)56-59(47,48)55-57(43,44)49-7-12-16(39)17(40)24(51-12)37-9-31-14-20(37)32-27(29)34-22(14)41/h2-6,9-10,12-13,16-19,24-26,39-40H,7-8H2,1H3,(H8-,29,30,32,33,34,35,41,42,43,44,45,46,47,48)/p+1/t12-,13-,16?,17?,18?,19?,24-,25-,26?/m1/s1. The normalized spacial score (nSPS) is 30.0. The van der Waals surface area contributed by atoms with Gasteiger partial charge >= 0.3 is 29.0 Å². The number of fused-ring (bicyclic) bond motifs is 3. The molecule has 4 aromatic heterocycles. The van der Waals surface area contributed by atoms with Gasteiger partial charge in [-0.05, 0) is 0 Å². The number of nitrogens with zero attached hydrogens (tertiary/aromatic N) is 6. The van der Waals surface area contributed by atoms with E-state index in [1.165, 1.54) is 15.5 Å². The zero-order chi connectivity index (χ0) is 42.2. The molecule has 12 atom stereocenters. The molecule has 8 unspecified atom stereocenters. The molecule has 11 N–H and O–H groups in total. The highest BCUT2D eigenvalue weighted by Crippen LogP contribution is 2.68. The van der Waals surface area contributed by atoms with Crippen LogP contribution in [0.15, 0.2) is 52.6 Å². The number of aliphatic hydroxyl groups is 2. The summed E-state index contributed by atoms with van der Waals surface area (Å²) in [5.41, 5.74) is 10.6. The number of aromatic amines is 2. The van der Waals surface area contributed by atoms with E-state index in [4.69, 9.17) is 34.9 Å². The number of phosphoric ester groups is 2. The minimum atomic E-state index is -5.99. The molecule has 318 valence electrons. The minimum Gasteiger partial charge on any atom is -0.387 e. The molecule has 31 heteroatoms. The molecule has 0 saturated carbocycles. The van der Waals surface area contributed by atoms with Crippen LogP contribution in [0.2, 0.25) is 0 Å². The van der Waals surface area contributed by atoms with E-state index in [0.29, 0.717) is 5.56 Å². The number of nitrogens with one attached hydrogen (secondary N) is 2. The van der Waals surface area contributed by atoms with Crippen LogP contribution in [0.5, 0.6) is 0 Å². The lowest BCUT2D eigenvalue weighted by Crippen LogP contribution is -2.33. The quantitative estimate of drug-likeness (QED) is 0.0466. The number of anilines is 2. The van der Waals surface area contributed by atoms with Gasteiger partial charge in [-0.3, -0.25) is 33.2 Å². The van der Waals surface area contributed by atoms with Crippen molar-refractivity contribution in [3.05, 3.63) is 69.3 Å². The molecule has 59 heavy (non-hydrogen) atoms. The second kappa shape index (κ2) is 15.3. The lowest BCUT2D eigenvalue weighted by atomic mass is 10.1. The Balaban J connectivity index is 0.920. The van der Waals surface area contributed by atoms with Gasteiger partial charge in [0.2, 0.25) is 24.5 Å². The molecule has 0 aliphatic carbocycles. The molecule has 28 nitrogen and oxygen atoms in total. The fraction of sp³-hybridized carbons (Fsp3) is 0.429. The number of ether oxygens (including phenoxy) is 4. The van der Waals surface area contributed by atoms with Crippen molar-refractivity contribution in [1.29, 1.82) is 0 Å². The molecule has 0 radical (unpaired) electrons. The molecular weight excluding hydrogens is 857 g/mol. The highest BCUT2D eigenvalue weighted by molar-refractivity contribution is 7.66. The predicted octanol–water partition coefficient (Wildman–Crippen LogP) is -1.79. The fourth-order valence-corrected chi connectivity index (χ4v) is 10.3. The van der Waals surface area contributed by atoms with Gasteiger partial charge in [0.1, 0.15) is 30.5 Å². The van der Waals surface area contributed by atoms with Crippen LogP contribution in [0.1, 0.15) is 24.3 Å². The molecule has 7 heterocycles. The summed E-state index contributed by atoms with van der Waals surface area (Å²) in [5, 5.41) is 21.2. The number of aryl methyl sites for hydroxylation is 1. The van der Waals surface area contributed by atoms with Crippen LogP contribution in [0.3, 0.4) is 0 Å². The average Bonchev–Trinajstić information content (AvgIpc) is 3.96. The molecule has 3 fully saturated rings. The van der Waals surface area contributed by atoms with Crippen LogP contribution < -0.4 is 27.2 Å². The summed E-state index contributed by atoms with van der Waals surface area (Å²) in [4.78, 5) is 72.3. The van der Waals surface area contributed by atoms with Crippen LogP contribution in [-0.2, 0) is 57.4 Å². The smallest absolute Gasteiger partial charge is 0.387 e. The molecule has 3 aliphatic heterocycles. The number of benzene rings is 1. The maximum atomic E-state index is 13.0. The van der Waals surface area contributed by atoms with Gasteiger partial charge in [-0.2, -0.15) is 23.2 Å². The lowest BCUT2D eigenvalue weighted by molar-refractivity contribution is -0.646. The first-order chi connectivity index (χ1) is 27.8. The number of imidazole rings is 2. The van der Waals surface area contributed by atoms with E-state index in [0.717, 1.165) is 10.9 Å². The van der Waals surface area contributed by atoms with Crippen molar-refractivity contribution in [2.24, 2.45) is 7.05 Å². The first-order valence-electron chi connectivity index (χ1n) is 17.0. The molecular formula is C28H34N10O18P3+. The SMILES string of the molecule is C[n+]1cn([C@@H]2O[C@H](COP(=O)(O)OP(=O)(O)OP(=O)(O)OC[C@H]3O[C@@H](n4cnc5c(=O)[nH]c(N)nc54)C(O)C3O)C3OC(c4ccccc4)OC32)c2nc(N)[nH]c(=O)c21. The largest absolute Gasteiger partial charge is 0.490 e. The van der Waals surface area contributed by atoms with Gasteiger partial charge in [0.15, 0.2) is 29.8 Å². The Hall–Kier alpha value is -4.31. The molecule has 3 saturated heterocycles. The molecule has 5 aromatic rings. The van der Waals surface area contributed by atoms with E-state index in [1.54, 1.807) is 37.4 Å². The number of hydrogen-bond donors (Lipinski definition) is 9. The van der Waals surface area contributed by atoms with Crippen molar-refractivity contribution in [2.75, 3.05) is 24.7 Å². The fourth-order valence-electron chi connectivity index (χ4n) is 6.80. The van der Waals surface area contributed by atoms with E-state index in [9.17, 15) is 48.2 Å². The molecule has 0 spiro atoms. The number of aromatic nitrogens is 8. The third kappa shape index (κ3) is 8.15. The Morgan fingerprint density at radius 2 is 1.37 bits per heavy atom. The Labute approximate surface area is 327 Å². The van der Waals surface area contributed by atoms with Gasteiger partial charge in [0.05, 0.1) is 26.6 Å². The van der Waals surface area contributed by atoms with Crippen LogP contribution >= 0.6 is 23.5 Å². The van der Waals surface area contributed by atoms with Gasteiger partial charge in [-0.1, -0.05) is 30.3 Å². The van der Waals surface area contributed by atoms with Gasteiger partial charge in [-0.25, -0.2) is 23.2 Å². The van der Waals surface area contributed by atoms with E-state index >= 15 is 0 Å². The Morgan fingerprint density at radius 3 is 2.05 bits per heavy atom. The van der Waals surface area contributed by atoms with Gasteiger partial charge in [-0.15, -0.1) is 0 Å². The van der Waals surface area contributed by atoms with Crippen LogP contribution in [0.4, 0.5) is 11.9 Å². The number of rotatable bonds is 13. The van der Waals surface area contributed by atoms with Crippen LogP contribution in [0, 0.1) is 0 Å². The lowest BCUT2D eigenvalue weighted by Gasteiger charge is -2.22. The topological polar surface area (TPSA) is 396 Å². The Kier molecular flexibility index (Phi) is 10.7. The minimum absolute atomic E-state index is 0.0912. The van der Waals surface area contributed by atoms with Crippen molar-refractivity contribution in [3.63, 3.8) is 0 Å². The maximum absolute atomic E-state index is 13.0. The predicted molar refractivity (Wildman–Crippen MR) is 191 cm³/mol. The molecule has 8 rings (SSSR count). The Bertz CT molecular complexity index is 2680. The van der Waals surface area contributed by atoms with Crippen molar-refractivity contribution >= 4 is 57.7 Å². The number of hydrogen-bond acceptors (Lipinski definition) is 20. The number of aliphatic hydroxyl groups excluding tert-OH is 2. The summed E-state index contributed by atoms with van der Waals surface area (Å²) in [7, 11) is -15.8. The maximum Gasteiger partial charge on any atom is 0.490 e. The number of phosphoric acid groups is 3. The third-order valence-electron chi connectivity index (χ3n) is 9.26. The molecule has 0 amide bonds. The van der Waals surface area contributed by atoms with E-state index in [1.807, 2.05) is 0 Å². The van der Waals surface area contributed by atoms with Gasteiger partial charge < -0.3 is 55.3 Å². The summed E-state index contributed by atoms with van der Waals surface area (Å²) < 4.78 is 84.3. The highest BCUT2D eigenvalue weighted by Gasteiger charge is 2.57. The highest BCUT2D eigenvalue weighted by atomic mass is 31.3. The van der Waals surface area contributed by atoms with Crippen molar-refractivity contribution in [3.8, 4) is 0 Å².